The molecule has 1 amide bonds. The van der Waals surface area contributed by atoms with Gasteiger partial charge in [-0.1, -0.05) is 0 Å². The Morgan fingerprint density at radius 2 is 1.75 bits per heavy atom. The van der Waals surface area contributed by atoms with Crippen LogP contribution in [0.3, 0.4) is 0 Å². The van der Waals surface area contributed by atoms with Gasteiger partial charge in [-0.05, 0) is 0 Å². The van der Waals surface area contributed by atoms with Crippen LogP contribution in [0.25, 0.3) is 11.2 Å². The second-order valence-electron chi connectivity index (χ2n) is 6.94. The van der Waals surface area contributed by atoms with Crippen molar-refractivity contribution >= 4 is 40.9 Å². The third-order valence-electron chi connectivity index (χ3n) is 4.34. The fraction of sp³-hybridized carbons (Fsp3) is 0.500. The number of esters is 3. The number of ether oxygens (including phenoxy) is 4. The van der Waals surface area contributed by atoms with E-state index in [9.17, 15) is 24.0 Å². The second-order valence-corrected chi connectivity index (χ2v) is 6.94. The highest BCUT2D eigenvalue weighted by molar-refractivity contribution is 5.87. The molecule has 0 aromatic carbocycles. The second kappa shape index (κ2) is 9.13. The first-order valence-electron chi connectivity index (χ1n) is 9.44. The number of aromatic nitrogens is 4. The molecule has 1 aliphatic rings. The SMILES string of the molecule is CC(=O)Nc1nc2c(ncn2[C@@H]2O[C@H](COC(C)=O)[C@H](OC(C)=O)[C@@H]2OC(C)=O)c(=O)[nH]1. The molecule has 0 saturated carbocycles. The summed E-state index contributed by atoms with van der Waals surface area (Å²) < 4.78 is 22.8. The number of carbonyl (C=O) groups is 4. The van der Waals surface area contributed by atoms with Crippen molar-refractivity contribution in [1.82, 2.24) is 19.5 Å². The molecule has 32 heavy (non-hydrogen) atoms. The lowest BCUT2D eigenvalue weighted by atomic mass is 10.1. The summed E-state index contributed by atoms with van der Waals surface area (Å²) in [4.78, 5) is 69.0. The molecule has 0 spiro atoms. The Kier molecular flexibility index (Phi) is 6.53. The van der Waals surface area contributed by atoms with E-state index in [2.05, 4.69) is 20.3 Å². The van der Waals surface area contributed by atoms with E-state index in [-0.39, 0.29) is 23.7 Å². The van der Waals surface area contributed by atoms with Crippen LogP contribution in [0.2, 0.25) is 0 Å². The quantitative estimate of drug-likeness (QED) is 0.423. The lowest BCUT2D eigenvalue weighted by molar-refractivity contribution is -0.166. The molecule has 1 aliphatic heterocycles. The number of H-pyrrole nitrogens is 1. The Balaban J connectivity index is 2.07. The van der Waals surface area contributed by atoms with Crippen molar-refractivity contribution in [2.75, 3.05) is 11.9 Å². The highest BCUT2D eigenvalue weighted by atomic mass is 16.7. The lowest BCUT2D eigenvalue weighted by Gasteiger charge is -2.23. The minimum atomic E-state index is -1.18. The molecule has 14 heteroatoms. The predicted octanol–water partition coefficient (Wildman–Crippen LogP) is -0.598. The average Bonchev–Trinajstić information content (AvgIpc) is 3.21. The van der Waals surface area contributed by atoms with E-state index in [4.69, 9.17) is 18.9 Å². The van der Waals surface area contributed by atoms with Crippen LogP contribution in [0.1, 0.15) is 33.9 Å². The topological polar surface area (TPSA) is 181 Å². The van der Waals surface area contributed by atoms with Gasteiger partial charge in [0.2, 0.25) is 11.9 Å². The molecule has 3 rings (SSSR count). The average molecular weight is 451 g/mol. The van der Waals surface area contributed by atoms with Gasteiger partial charge in [0, 0.05) is 27.7 Å². The van der Waals surface area contributed by atoms with Gasteiger partial charge in [0.25, 0.3) is 5.56 Å². The summed E-state index contributed by atoms with van der Waals surface area (Å²) in [5.41, 5.74) is -0.696. The minimum Gasteiger partial charge on any atom is -0.463 e. The Hall–Kier alpha value is -3.81. The third-order valence-corrected chi connectivity index (χ3v) is 4.34. The van der Waals surface area contributed by atoms with E-state index in [1.54, 1.807) is 0 Å². The van der Waals surface area contributed by atoms with Gasteiger partial charge in [-0.25, -0.2) is 4.98 Å². The summed E-state index contributed by atoms with van der Waals surface area (Å²) in [5, 5.41) is 2.37. The maximum atomic E-state index is 12.3. The maximum Gasteiger partial charge on any atom is 0.303 e. The van der Waals surface area contributed by atoms with Crippen molar-refractivity contribution in [3.05, 3.63) is 16.7 Å². The molecule has 2 aromatic rings. The Morgan fingerprint density at radius 1 is 1.09 bits per heavy atom. The molecule has 4 atom stereocenters. The van der Waals surface area contributed by atoms with E-state index in [0.717, 1.165) is 13.8 Å². The van der Waals surface area contributed by atoms with Crippen LogP contribution < -0.4 is 10.9 Å². The molecule has 2 aromatic heterocycles. The number of hydrogen-bond donors (Lipinski definition) is 2. The van der Waals surface area contributed by atoms with Gasteiger partial charge in [0.1, 0.15) is 12.7 Å². The van der Waals surface area contributed by atoms with Crippen molar-refractivity contribution in [1.29, 1.82) is 0 Å². The monoisotopic (exact) mass is 451 g/mol. The van der Waals surface area contributed by atoms with E-state index in [1.807, 2.05) is 0 Å². The van der Waals surface area contributed by atoms with Gasteiger partial charge >= 0.3 is 17.9 Å². The zero-order valence-corrected chi connectivity index (χ0v) is 17.6. The highest BCUT2D eigenvalue weighted by Crippen LogP contribution is 2.35. The Morgan fingerprint density at radius 3 is 2.34 bits per heavy atom. The molecule has 14 nitrogen and oxygen atoms in total. The summed E-state index contributed by atoms with van der Waals surface area (Å²) in [7, 11) is 0. The Labute approximate surface area is 180 Å². The van der Waals surface area contributed by atoms with Crippen LogP contribution in [0.4, 0.5) is 5.95 Å². The minimum absolute atomic E-state index is 0.00867. The first-order valence-corrected chi connectivity index (χ1v) is 9.44. The normalized spacial score (nSPS) is 22.4. The molecular weight excluding hydrogens is 430 g/mol. The predicted molar refractivity (Wildman–Crippen MR) is 104 cm³/mol. The molecule has 1 fully saturated rings. The molecular formula is C18H21N5O9. The smallest absolute Gasteiger partial charge is 0.303 e. The van der Waals surface area contributed by atoms with Gasteiger partial charge in [-0.2, -0.15) is 4.98 Å². The van der Waals surface area contributed by atoms with Crippen LogP contribution in [0.15, 0.2) is 11.1 Å². The van der Waals surface area contributed by atoms with Crippen molar-refractivity contribution < 1.29 is 38.1 Å². The number of nitrogens with zero attached hydrogens (tertiary/aromatic N) is 3. The van der Waals surface area contributed by atoms with Gasteiger partial charge < -0.3 is 18.9 Å². The van der Waals surface area contributed by atoms with E-state index in [0.29, 0.717) is 0 Å². The molecule has 3 heterocycles. The maximum absolute atomic E-state index is 12.3. The van der Waals surface area contributed by atoms with Gasteiger partial charge in [0.05, 0.1) is 6.33 Å². The van der Waals surface area contributed by atoms with Crippen molar-refractivity contribution in [2.24, 2.45) is 0 Å². The number of carbonyl (C=O) groups excluding carboxylic acids is 4. The Bertz CT molecular complexity index is 1120. The highest BCUT2D eigenvalue weighted by Gasteiger charge is 2.51. The van der Waals surface area contributed by atoms with Gasteiger partial charge in [-0.3, -0.25) is 38.8 Å². The largest absolute Gasteiger partial charge is 0.463 e. The number of amides is 1. The summed E-state index contributed by atoms with van der Waals surface area (Å²) in [5.74, 6) is -2.56. The lowest BCUT2D eigenvalue weighted by Crippen LogP contribution is -2.40. The summed E-state index contributed by atoms with van der Waals surface area (Å²) in [6.07, 6.45) is -3.22. The number of rotatable bonds is 6. The number of anilines is 1. The fourth-order valence-corrected chi connectivity index (χ4v) is 3.26. The number of hydrogen-bond acceptors (Lipinski definition) is 11. The number of nitrogens with one attached hydrogen (secondary N) is 2. The zero-order valence-electron chi connectivity index (χ0n) is 17.6. The van der Waals surface area contributed by atoms with Crippen molar-refractivity contribution in [3.63, 3.8) is 0 Å². The van der Waals surface area contributed by atoms with Gasteiger partial charge in [-0.15, -0.1) is 0 Å². The summed E-state index contributed by atoms with van der Waals surface area (Å²) in [6.45, 7) is 4.46. The van der Waals surface area contributed by atoms with Crippen LogP contribution >= 0.6 is 0 Å². The third kappa shape index (κ3) is 4.91. The molecule has 0 aliphatic carbocycles. The molecule has 0 bridgehead atoms. The first-order chi connectivity index (χ1) is 15.1. The molecule has 0 unspecified atom stereocenters. The summed E-state index contributed by atoms with van der Waals surface area (Å²) in [6, 6.07) is 0. The van der Waals surface area contributed by atoms with Crippen LogP contribution in [0.5, 0.6) is 0 Å². The van der Waals surface area contributed by atoms with Crippen LogP contribution in [0, 0.1) is 0 Å². The van der Waals surface area contributed by atoms with Crippen LogP contribution in [-0.4, -0.2) is 68.3 Å². The van der Waals surface area contributed by atoms with E-state index < -0.39 is 53.9 Å². The molecule has 172 valence electrons. The first kappa shape index (κ1) is 22.9. The molecule has 1 saturated heterocycles. The standard InChI is InChI=1S/C18H21N5O9/c1-7(24)20-18-21-15-12(16(28)22-18)19-6-23(15)17-14(31-10(4)27)13(30-9(3)26)11(32-17)5-29-8(2)25/h6,11,13-14,17H,5H2,1-4H3,(H2,20,21,22,24,28)/t11-,13+,14+,17-/m1/s1. The fourth-order valence-electron chi connectivity index (χ4n) is 3.26. The van der Waals surface area contributed by atoms with E-state index >= 15 is 0 Å². The van der Waals surface area contributed by atoms with Crippen molar-refractivity contribution in [2.45, 2.75) is 52.2 Å². The van der Waals surface area contributed by atoms with Gasteiger partial charge in [0.15, 0.2) is 29.6 Å². The number of imidazole rings is 1. The molecule has 0 radical (unpaired) electrons. The van der Waals surface area contributed by atoms with Crippen LogP contribution in [-0.2, 0) is 38.1 Å². The van der Waals surface area contributed by atoms with E-state index in [1.165, 1.54) is 24.7 Å². The summed E-state index contributed by atoms with van der Waals surface area (Å²) >= 11 is 0. The van der Waals surface area contributed by atoms with Crippen molar-refractivity contribution in [3.8, 4) is 0 Å². The number of aromatic amines is 1. The number of fused-ring (bicyclic) bond motifs is 1. The zero-order chi connectivity index (χ0) is 23.6. The molecule has 2 N–H and O–H groups in total.